The van der Waals surface area contributed by atoms with Gasteiger partial charge in [0, 0.05) is 12.6 Å². The van der Waals surface area contributed by atoms with Crippen LogP contribution in [0.4, 0.5) is 4.79 Å². The lowest BCUT2D eigenvalue weighted by Crippen LogP contribution is -2.62. The van der Waals surface area contributed by atoms with Crippen LogP contribution in [0.15, 0.2) is 0 Å². The summed E-state index contributed by atoms with van der Waals surface area (Å²) < 4.78 is 5.99. The van der Waals surface area contributed by atoms with Gasteiger partial charge in [-0.1, -0.05) is 71.6 Å². The van der Waals surface area contributed by atoms with Crippen molar-refractivity contribution in [1.29, 1.82) is 0 Å². The van der Waals surface area contributed by atoms with Crippen molar-refractivity contribution in [1.82, 2.24) is 15.1 Å². The van der Waals surface area contributed by atoms with Crippen LogP contribution in [0.5, 0.6) is 0 Å². The zero-order chi connectivity index (χ0) is 32.7. The summed E-state index contributed by atoms with van der Waals surface area (Å²) in [5.41, 5.74) is 4.68. The Labute approximate surface area is 269 Å². The molecule has 10 heteroatoms. The molecule has 4 amide bonds. The van der Waals surface area contributed by atoms with Gasteiger partial charge in [0.2, 0.25) is 17.7 Å². The van der Waals surface area contributed by atoms with Gasteiger partial charge in [0.05, 0.1) is 6.04 Å². The van der Waals surface area contributed by atoms with E-state index in [2.05, 4.69) is 19.2 Å². The minimum Gasteiger partial charge on any atom is -0.444 e. The lowest BCUT2D eigenvalue weighted by molar-refractivity contribution is -0.148. The summed E-state index contributed by atoms with van der Waals surface area (Å²) in [5.74, 6) is -0.904. The Hall–Kier alpha value is -2.36. The molecule has 45 heavy (non-hydrogen) atoms. The third kappa shape index (κ3) is 7.31. The first-order valence-electron chi connectivity index (χ1n) is 17.8. The van der Waals surface area contributed by atoms with E-state index in [0.29, 0.717) is 18.9 Å². The zero-order valence-electron chi connectivity index (χ0n) is 28.3. The molecule has 5 aliphatic rings. The average molecular weight is 631 g/mol. The van der Waals surface area contributed by atoms with Gasteiger partial charge in [-0.2, -0.15) is 0 Å². The minimum absolute atomic E-state index is 0.00242. The van der Waals surface area contributed by atoms with Gasteiger partial charge >= 0.3 is 6.09 Å². The minimum atomic E-state index is -1.49. The Morgan fingerprint density at radius 1 is 0.956 bits per heavy atom. The van der Waals surface area contributed by atoms with E-state index in [4.69, 9.17) is 10.5 Å². The topological polar surface area (TPSA) is 142 Å². The van der Waals surface area contributed by atoms with Crippen LogP contribution in [-0.4, -0.2) is 81.1 Å². The second kappa shape index (κ2) is 13.4. The second-order valence-corrected chi connectivity index (χ2v) is 16.4. The van der Waals surface area contributed by atoms with Crippen LogP contribution in [0.3, 0.4) is 0 Å². The number of rotatable bonds is 10. The first-order chi connectivity index (χ1) is 21.2. The number of likely N-dealkylation sites (tertiary alicyclic amines) is 1. The van der Waals surface area contributed by atoms with E-state index in [-0.39, 0.29) is 41.0 Å². The quantitative estimate of drug-likeness (QED) is 0.324. The van der Waals surface area contributed by atoms with Gasteiger partial charge in [0.15, 0.2) is 6.10 Å². The molecule has 1 heterocycles. The Balaban J connectivity index is 1.46. The molecule has 254 valence electrons. The molecule has 4 aliphatic carbocycles. The van der Waals surface area contributed by atoms with Crippen LogP contribution in [-0.2, 0) is 19.1 Å². The summed E-state index contributed by atoms with van der Waals surface area (Å²) in [6.07, 6.45) is 11.3. The third-order valence-electron chi connectivity index (χ3n) is 11.8. The number of primary amides is 1. The SMILES string of the molecule is CC(C)(C)OC(=O)N(C1CCCCC1)[C@H](C(=O)N1CC2[C@H](C1C(=O)NC(CC1CCC1)C(O)C(N)=O)C2(C)C)C1CCCCC1. The fourth-order valence-corrected chi connectivity index (χ4v) is 8.97. The number of ether oxygens (including phenoxy) is 1. The first kappa shape index (κ1) is 34.0. The molecule has 6 atom stereocenters. The van der Waals surface area contributed by atoms with Crippen LogP contribution in [0.1, 0.15) is 125 Å². The molecule has 0 aromatic rings. The summed E-state index contributed by atoms with van der Waals surface area (Å²) in [5, 5.41) is 13.7. The average Bonchev–Trinajstić information content (AvgIpc) is 3.27. The molecule has 0 radical (unpaired) electrons. The van der Waals surface area contributed by atoms with Gasteiger partial charge in [-0.15, -0.1) is 0 Å². The van der Waals surface area contributed by atoms with E-state index in [9.17, 15) is 19.5 Å². The van der Waals surface area contributed by atoms with Crippen molar-refractivity contribution >= 4 is 23.8 Å². The molecule has 10 nitrogen and oxygen atoms in total. The van der Waals surface area contributed by atoms with E-state index in [1.54, 1.807) is 9.80 Å². The number of nitrogens with two attached hydrogens (primary N) is 1. The lowest BCUT2D eigenvalue weighted by atomic mass is 9.79. The lowest BCUT2D eigenvalue weighted by Gasteiger charge is -2.45. The van der Waals surface area contributed by atoms with Crippen molar-refractivity contribution in [3.63, 3.8) is 0 Å². The molecule has 4 N–H and O–H groups in total. The largest absolute Gasteiger partial charge is 0.444 e. The van der Waals surface area contributed by atoms with E-state index in [1.807, 2.05) is 20.8 Å². The van der Waals surface area contributed by atoms with Gasteiger partial charge in [0.1, 0.15) is 17.7 Å². The predicted octanol–water partition coefficient (Wildman–Crippen LogP) is 4.51. The third-order valence-corrected chi connectivity index (χ3v) is 11.8. The Bertz CT molecular complexity index is 1100. The molecule has 1 aliphatic heterocycles. The highest BCUT2D eigenvalue weighted by Crippen LogP contribution is 2.65. The zero-order valence-corrected chi connectivity index (χ0v) is 28.3. The van der Waals surface area contributed by atoms with E-state index in [0.717, 1.165) is 83.5 Å². The van der Waals surface area contributed by atoms with Gasteiger partial charge in [0.25, 0.3) is 0 Å². The van der Waals surface area contributed by atoms with E-state index in [1.165, 1.54) is 0 Å². The number of aliphatic hydroxyl groups excluding tert-OH is 1. The van der Waals surface area contributed by atoms with Gasteiger partial charge < -0.3 is 25.8 Å². The standard InChI is InChI=1S/C35H58N4O6/c1-34(2,3)45-33(44)39(23-17-10-7-11-18-23)27(22-15-8-6-9-16-22)32(43)38-20-24-26(35(24,4)5)28(38)31(42)37-25(29(40)30(36)41)19-21-13-12-14-21/h21-29,40H,6-20H2,1-5H3,(H2,36,41)(H,37,42)/t24?,25?,26-,27+,28?,29?/m1/s1. The Morgan fingerprint density at radius 3 is 2.09 bits per heavy atom. The van der Waals surface area contributed by atoms with Crippen molar-refractivity contribution in [2.24, 2.45) is 34.8 Å². The summed E-state index contributed by atoms with van der Waals surface area (Å²) in [7, 11) is 0. The molecule has 4 saturated carbocycles. The second-order valence-electron chi connectivity index (χ2n) is 16.4. The monoisotopic (exact) mass is 630 g/mol. The number of hydrogen-bond donors (Lipinski definition) is 3. The summed E-state index contributed by atoms with van der Waals surface area (Å²) in [6, 6.07) is -2.31. The Kier molecular flexibility index (Phi) is 10.1. The number of piperidine rings is 1. The molecule has 4 unspecified atom stereocenters. The highest BCUT2D eigenvalue weighted by molar-refractivity contribution is 5.93. The smallest absolute Gasteiger partial charge is 0.411 e. The number of fused-ring (bicyclic) bond motifs is 1. The molecule has 5 rings (SSSR count). The van der Waals surface area contributed by atoms with Crippen molar-refractivity contribution in [3.05, 3.63) is 0 Å². The first-order valence-corrected chi connectivity index (χ1v) is 17.8. The van der Waals surface area contributed by atoms with Crippen molar-refractivity contribution in [3.8, 4) is 0 Å². The number of carbonyl (C=O) groups excluding carboxylic acids is 4. The van der Waals surface area contributed by atoms with Gasteiger partial charge in [-0.25, -0.2) is 4.79 Å². The van der Waals surface area contributed by atoms with Crippen LogP contribution in [0.2, 0.25) is 0 Å². The molecule has 0 aromatic heterocycles. The fourth-order valence-electron chi connectivity index (χ4n) is 8.97. The summed E-state index contributed by atoms with van der Waals surface area (Å²) in [6.45, 7) is 10.3. The molecule has 0 aromatic carbocycles. The van der Waals surface area contributed by atoms with Crippen LogP contribution in [0, 0.1) is 29.1 Å². The maximum atomic E-state index is 15.0. The van der Waals surface area contributed by atoms with Gasteiger partial charge in [-0.3, -0.25) is 19.3 Å². The van der Waals surface area contributed by atoms with E-state index < -0.39 is 41.8 Å². The molecule has 0 spiro atoms. The summed E-state index contributed by atoms with van der Waals surface area (Å²) in [4.78, 5) is 58.9. The molecular weight excluding hydrogens is 572 g/mol. The highest BCUT2D eigenvalue weighted by Gasteiger charge is 2.70. The molecule has 0 bridgehead atoms. The van der Waals surface area contributed by atoms with E-state index >= 15 is 4.79 Å². The van der Waals surface area contributed by atoms with Crippen LogP contribution in [0.25, 0.3) is 0 Å². The van der Waals surface area contributed by atoms with Crippen LogP contribution < -0.4 is 11.1 Å². The number of nitrogens with zero attached hydrogens (tertiary/aromatic N) is 2. The van der Waals surface area contributed by atoms with Crippen molar-refractivity contribution < 1.29 is 29.0 Å². The number of carbonyl (C=O) groups is 4. The van der Waals surface area contributed by atoms with Crippen molar-refractivity contribution in [2.45, 2.75) is 160 Å². The Morgan fingerprint density at radius 2 is 1.56 bits per heavy atom. The maximum Gasteiger partial charge on any atom is 0.411 e. The molecular formula is C35H58N4O6. The maximum absolute atomic E-state index is 15.0. The number of nitrogens with one attached hydrogen (secondary N) is 1. The number of amides is 4. The number of hydrogen-bond acceptors (Lipinski definition) is 6. The highest BCUT2D eigenvalue weighted by atomic mass is 16.6. The fraction of sp³-hybridized carbons (Fsp3) is 0.886. The molecule has 1 saturated heterocycles. The van der Waals surface area contributed by atoms with Crippen LogP contribution >= 0.6 is 0 Å². The number of aliphatic hydroxyl groups is 1. The van der Waals surface area contributed by atoms with Crippen molar-refractivity contribution in [2.75, 3.05) is 6.54 Å². The summed E-state index contributed by atoms with van der Waals surface area (Å²) >= 11 is 0. The van der Waals surface area contributed by atoms with Gasteiger partial charge in [-0.05, 0) is 82.0 Å². The molecule has 5 fully saturated rings. The predicted molar refractivity (Wildman–Crippen MR) is 171 cm³/mol. The normalized spacial score (nSPS) is 29.1.